The molecule has 0 radical (unpaired) electrons. The van der Waals surface area contributed by atoms with E-state index in [1.807, 2.05) is 25.1 Å². The molecule has 100 valence electrons. The van der Waals surface area contributed by atoms with E-state index in [0.717, 1.165) is 17.0 Å². The highest BCUT2D eigenvalue weighted by Gasteiger charge is 2.14. The molecule has 0 saturated heterocycles. The maximum atomic E-state index is 6.29. The molecule has 0 amide bonds. The number of benzene rings is 2. The van der Waals surface area contributed by atoms with Gasteiger partial charge >= 0.3 is 0 Å². The standard InChI is InChI=1S/C16H19ClN2/c1-11-7-8-13(15(17)9-11)10-16(19-18)14-6-4-3-5-12(14)2/h3-9,16,19H,10,18H2,1-2H3. The topological polar surface area (TPSA) is 38.0 Å². The molecule has 0 saturated carbocycles. The van der Waals surface area contributed by atoms with Crippen molar-refractivity contribution in [3.8, 4) is 0 Å². The fourth-order valence-electron chi connectivity index (χ4n) is 2.27. The normalized spacial score (nSPS) is 12.4. The number of aryl methyl sites for hydroxylation is 2. The molecule has 1 unspecified atom stereocenters. The summed E-state index contributed by atoms with van der Waals surface area (Å²) in [6.45, 7) is 4.13. The molecule has 3 N–H and O–H groups in total. The van der Waals surface area contributed by atoms with Gasteiger partial charge in [0.05, 0.1) is 6.04 Å². The van der Waals surface area contributed by atoms with Crippen molar-refractivity contribution in [2.45, 2.75) is 26.3 Å². The van der Waals surface area contributed by atoms with Gasteiger partial charge in [-0.15, -0.1) is 0 Å². The van der Waals surface area contributed by atoms with Gasteiger partial charge in [-0.1, -0.05) is 48.0 Å². The first-order chi connectivity index (χ1) is 9.11. The van der Waals surface area contributed by atoms with Crippen molar-refractivity contribution in [1.82, 2.24) is 5.43 Å². The Bertz CT molecular complexity index is 566. The van der Waals surface area contributed by atoms with E-state index in [1.54, 1.807) is 0 Å². The van der Waals surface area contributed by atoms with Crippen LogP contribution in [0.25, 0.3) is 0 Å². The minimum atomic E-state index is 0.0707. The molecule has 2 rings (SSSR count). The lowest BCUT2D eigenvalue weighted by atomic mass is 9.95. The Morgan fingerprint density at radius 2 is 1.89 bits per heavy atom. The summed E-state index contributed by atoms with van der Waals surface area (Å²) in [5.41, 5.74) is 7.61. The molecule has 0 aliphatic rings. The summed E-state index contributed by atoms with van der Waals surface area (Å²) in [6.07, 6.45) is 0.778. The number of hydrazine groups is 1. The van der Waals surface area contributed by atoms with E-state index in [1.165, 1.54) is 16.7 Å². The highest BCUT2D eigenvalue weighted by Crippen LogP contribution is 2.25. The monoisotopic (exact) mass is 274 g/mol. The van der Waals surface area contributed by atoms with Gasteiger partial charge in [0.1, 0.15) is 0 Å². The number of hydrogen-bond donors (Lipinski definition) is 2. The summed E-state index contributed by atoms with van der Waals surface area (Å²) < 4.78 is 0. The molecular weight excluding hydrogens is 256 g/mol. The lowest BCUT2D eigenvalue weighted by Crippen LogP contribution is -2.30. The van der Waals surface area contributed by atoms with E-state index in [0.29, 0.717) is 0 Å². The predicted molar refractivity (Wildman–Crippen MR) is 81.1 cm³/mol. The van der Waals surface area contributed by atoms with Crippen molar-refractivity contribution in [3.63, 3.8) is 0 Å². The Labute approximate surface area is 119 Å². The van der Waals surface area contributed by atoms with E-state index in [-0.39, 0.29) is 6.04 Å². The van der Waals surface area contributed by atoms with Crippen LogP contribution in [0.2, 0.25) is 5.02 Å². The summed E-state index contributed by atoms with van der Waals surface area (Å²) in [4.78, 5) is 0. The maximum absolute atomic E-state index is 6.29. The van der Waals surface area contributed by atoms with Gasteiger partial charge in [-0.2, -0.15) is 0 Å². The highest BCUT2D eigenvalue weighted by molar-refractivity contribution is 6.31. The third-order valence-electron chi connectivity index (χ3n) is 3.40. The summed E-state index contributed by atoms with van der Waals surface area (Å²) >= 11 is 6.29. The van der Waals surface area contributed by atoms with Crippen LogP contribution in [-0.4, -0.2) is 0 Å². The smallest absolute Gasteiger partial charge is 0.0503 e. The van der Waals surface area contributed by atoms with Gasteiger partial charge in [0, 0.05) is 5.02 Å². The van der Waals surface area contributed by atoms with Gasteiger partial charge in [0.15, 0.2) is 0 Å². The summed E-state index contributed by atoms with van der Waals surface area (Å²) in [7, 11) is 0. The summed E-state index contributed by atoms with van der Waals surface area (Å²) in [6, 6.07) is 14.5. The van der Waals surface area contributed by atoms with Gasteiger partial charge in [-0.3, -0.25) is 11.3 Å². The number of halogens is 1. The zero-order valence-electron chi connectivity index (χ0n) is 11.3. The summed E-state index contributed by atoms with van der Waals surface area (Å²) in [5.74, 6) is 5.71. The molecule has 0 bridgehead atoms. The number of rotatable bonds is 4. The Kier molecular flexibility index (Phi) is 4.59. The van der Waals surface area contributed by atoms with Gasteiger partial charge in [0.25, 0.3) is 0 Å². The quantitative estimate of drug-likeness (QED) is 0.659. The Morgan fingerprint density at radius 3 is 2.53 bits per heavy atom. The molecule has 0 heterocycles. The van der Waals surface area contributed by atoms with Gasteiger partial charge in [-0.25, -0.2) is 0 Å². The Hall–Kier alpha value is -1.35. The van der Waals surface area contributed by atoms with Crippen molar-refractivity contribution in [3.05, 3.63) is 69.7 Å². The van der Waals surface area contributed by atoms with Gasteiger partial charge in [-0.05, 0) is 48.6 Å². The van der Waals surface area contributed by atoms with Crippen LogP contribution in [0.15, 0.2) is 42.5 Å². The van der Waals surface area contributed by atoms with Crippen molar-refractivity contribution in [2.24, 2.45) is 5.84 Å². The van der Waals surface area contributed by atoms with Crippen molar-refractivity contribution < 1.29 is 0 Å². The highest BCUT2D eigenvalue weighted by atomic mass is 35.5. The second kappa shape index (κ2) is 6.20. The van der Waals surface area contributed by atoms with Crippen LogP contribution in [0.4, 0.5) is 0 Å². The molecule has 0 fully saturated rings. The minimum Gasteiger partial charge on any atom is -0.271 e. The number of hydrogen-bond acceptors (Lipinski definition) is 2. The molecule has 0 aliphatic carbocycles. The van der Waals surface area contributed by atoms with Crippen LogP contribution in [0, 0.1) is 13.8 Å². The van der Waals surface area contributed by atoms with Crippen LogP contribution < -0.4 is 11.3 Å². The van der Waals surface area contributed by atoms with Crippen LogP contribution in [0.3, 0.4) is 0 Å². The molecular formula is C16H19ClN2. The summed E-state index contributed by atoms with van der Waals surface area (Å²) in [5, 5.41) is 0.800. The zero-order chi connectivity index (χ0) is 13.8. The molecule has 0 aliphatic heterocycles. The second-order valence-electron chi connectivity index (χ2n) is 4.87. The molecule has 1 atom stereocenters. The number of nitrogens with one attached hydrogen (secondary N) is 1. The van der Waals surface area contributed by atoms with E-state index >= 15 is 0 Å². The molecule has 0 spiro atoms. The average molecular weight is 275 g/mol. The van der Waals surface area contributed by atoms with Crippen molar-refractivity contribution in [1.29, 1.82) is 0 Å². The first kappa shape index (κ1) is 14.1. The van der Waals surface area contributed by atoms with Crippen molar-refractivity contribution >= 4 is 11.6 Å². The van der Waals surface area contributed by atoms with E-state index in [2.05, 4.69) is 36.6 Å². The third-order valence-corrected chi connectivity index (χ3v) is 3.75. The van der Waals surface area contributed by atoms with E-state index in [9.17, 15) is 0 Å². The Balaban J connectivity index is 2.27. The largest absolute Gasteiger partial charge is 0.271 e. The van der Waals surface area contributed by atoms with E-state index in [4.69, 9.17) is 17.4 Å². The molecule has 19 heavy (non-hydrogen) atoms. The first-order valence-electron chi connectivity index (χ1n) is 6.38. The molecule has 2 nitrogen and oxygen atoms in total. The maximum Gasteiger partial charge on any atom is 0.0503 e. The second-order valence-corrected chi connectivity index (χ2v) is 5.28. The molecule has 2 aromatic rings. The van der Waals surface area contributed by atoms with Crippen LogP contribution in [0.1, 0.15) is 28.3 Å². The van der Waals surface area contributed by atoms with Crippen LogP contribution >= 0.6 is 11.6 Å². The predicted octanol–water partition coefficient (Wildman–Crippen LogP) is 3.70. The molecule has 3 heteroatoms. The lowest BCUT2D eigenvalue weighted by molar-refractivity contribution is 0.549. The van der Waals surface area contributed by atoms with Crippen LogP contribution in [0.5, 0.6) is 0 Å². The van der Waals surface area contributed by atoms with Crippen molar-refractivity contribution in [2.75, 3.05) is 0 Å². The van der Waals surface area contributed by atoms with E-state index < -0.39 is 0 Å². The Morgan fingerprint density at radius 1 is 1.16 bits per heavy atom. The SMILES string of the molecule is Cc1ccc(CC(NN)c2ccccc2C)c(Cl)c1. The zero-order valence-corrected chi connectivity index (χ0v) is 12.0. The fraction of sp³-hybridized carbons (Fsp3) is 0.250. The fourth-order valence-corrected chi connectivity index (χ4v) is 2.59. The van der Waals surface area contributed by atoms with Gasteiger partial charge in [0.2, 0.25) is 0 Å². The minimum absolute atomic E-state index is 0.0707. The average Bonchev–Trinajstić information content (AvgIpc) is 2.39. The van der Waals surface area contributed by atoms with Crippen LogP contribution in [-0.2, 0) is 6.42 Å². The first-order valence-corrected chi connectivity index (χ1v) is 6.76. The molecule has 2 aromatic carbocycles. The lowest BCUT2D eigenvalue weighted by Gasteiger charge is -2.19. The number of nitrogens with two attached hydrogens (primary N) is 1. The third kappa shape index (κ3) is 3.35. The van der Waals surface area contributed by atoms with Gasteiger partial charge < -0.3 is 0 Å². The molecule has 0 aromatic heterocycles.